The van der Waals surface area contributed by atoms with E-state index in [1.54, 1.807) is 0 Å². The normalized spacial score (nSPS) is 11.2. The minimum atomic E-state index is 0.451. The van der Waals surface area contributed by atoms with Gasteiger partial charge in [0.05, 0.1) is 0 Å². The minimum absolute atomic E-state index is 0.451. The van der Waals surface area contributed by atoms with Gasteiger partial charge in [0, 0.05) is 23.9 Å². The van der Waals surface area contributed by atoms with Crippen LogP contribution in [-0.2, 0) is 0 Å². The first-order valence-corrected chi connectivity index (χ1v) is 7.51. The molecule has 1 aromatic heterocycles. The Kier molecular flexibility index (Phi) is 5.56. The monoisotopic (exact) mass is 292 g/mol. The van der Waals surface area contributed by atoms with Crippen molar-refractivity contribution >= 4 is 28.2 Å². The molecular weight excluding hydrogens is 272 g/mol. The average molecular weight is 293 g/mol. The van der Waals surface area contributed by atoms with Crippen molar-refractivity contribution in [2.45, 2.75) is 20.3 Å². The lowest BCUT2D eigenvalue weighted by Crippen LogP contribution is -2.29. The van der Waals surface area contributed by atoms with E-state index < -0.39 is 0 Å². The number of nitrogens with zero attached hydrogens (tertiary/aromatic N) is 3. The van der Waals surface area contributed by atoms with Crippen molar-refractivity contribution in [3.8, 4) is 0 Å². The fourth-order valence-electron chi connectivity index (χ4n) is 2.28. The standard InChI is InChI=1S/C15H21ClN4/c1-3-10-20(4-2)11-9-17-15-13-8-6-5-7-12(13)14(16)18-19-15/h5-8H,3-4,9-11H2,1-2H3,(H,17,19). The third-order valence-corrected chi connectivity index (χ3v) is 3.63. The first-order valence-electron chi connectivity index (χ1n) is 7.13. The number of rotatable bonds is 7. The summed E-state index contributed by atoms with van der Waals surface area (Å²) in [5.41, 5.74) is 0. The van der Waals surface area contributed by atoms with E-state index in [1.165, 1.54) is 6.42 Å². The van der Waals surface area contributed by atoms with Crippen LogP contribution in [0.4, 0.5) is 5.82 Å². The molecular formula is C15H21ClN4. The second-order valence-corrected chi connectivity index (χ2v) is 5.10. The number of hydrogen-bond donors (Lipinski definition) is 1. The van der Waals surface area contributed by atoms with Crippen LogP contribution in [-0.4, -0.2) is 41.3 Å². The summed E-state index contributed by atoms with van der Waals surface area (Å²) < 4.78 is 0. The van der Waals surface area contributed by atoms with E-state index in [2.05, 4.69) is 34.3 Å². The second-order valence-electron chi connectivity index (χ2n) is 4.75. The molecule has 0 saturated carbocycles. The van der Waals surface area contributed by atoms with Crippen LogP contribution in [0.2, 0.25) is 5.15 Å². The van der Waals surface area contributed by atoms with Crippen LogP contribution in [0.5, 0.6) is 0 Å². The highest BCUT2D eigenvalue weighted by atomic mass is 35.5. The van der Waals surface area contributed by atoms with Gasteiger partial charge in [0.25, 0.3) is 0 Å². The average Bonchev–Trinajstić information content (AvgIpc) is 2.49. The number of hydrogen-bond acceptors (Lipinski definition) is 4. The number of nitrogens with one attached hydrogen (secondary N) is 1. The van der Waals surface area contributed by atoms with Gasteiger partial charge in [-0.05, 0) is 19.5 Å². The molecule has 0 bridgehead atoms. The molecule has 0 aliphatic rings. The van der Waals surface area contributed by atoms with Crippen molar-refractivity contribution in [3.05, 3.63) is 29.4 Å². The summed E-state index contributed by atoms with van der Waals surface area (Å²) in [6.07, 6.45) is 1.18. The highest BCUT2D eigenvalue weighted by Gasteiger charge is 2.07. The molecule has 1 aromatic carbocycles. The quantitative estimate of drug-likeness (QED) is 0.849. The highest BCUT2D eigenvalue weighted by molar-refractivity contribution is 6.34. The molecule has 0 aliphatic carbocycles. The maximum Gasteiger partial charge on any atom is 0.159 e. The summed E-state index contributed by atoms with van der Waals surface area (Å²) in [6.45, 7) is 8.45. The van der Waals surface area contributed by atoms with Gasteiger partial charge in [0.15, 0.2) is 11.0 Å². The summed E-state index contributed by atoms with van der Waals surface area (Å²) >= 11 is 6.07. The van der Waals surface area contributed by atoms with E-state index in [-0.39, 0.29) is 0 Å². The number of likely N-dealkylation sites (N-methyl/N-ethyl adjacent to an activating group) is 1. The summed E-state index contributed by atoms with van der Waals surface area (Å²) in [7, 11) is 0. The van der Waals surface area contributed by atoms with Crippen molar-refractivity contribution in [2.24, 2.45) is 0 Å². The molecule has 0 amide bonds. The topological polar surface area (TPSA) is 41.0 Å². The lowest BCUT2D eigenvalue weighted by atomic mass is 10.2. The van der Waals surface area contributed by atoms with Crippen molar-refractivity contribution < 1.29 is 0 Å². The summed E-state index contributed by atoms with van der Waals surface area (Å²) in [6, 6.07) is 7.93. The summed E-state index contributed by atoms with van der Waals surface area (Å²) in [5.74, 6) is 0.803. The van der Waals surface area contributed by atoms with Crippen LogP contribution in [0.1, 0.15) is 20.3 Å². The van der Waals surface area contributed by atoms with Crippen LogP contribution < -0.4 is 5.32 Å². The smallest absolute Gasteiger partial charge is 0.159 e. The molecule has 0 fully saturated rings. The Labute approximate surface area is 125 Å². The van der Waals surface area contributed by atoms with Gasteiger partial charge in [-0.15, -0.1) is 10.2 Å². The molecule has 0 spiro atoms. The van der Waals surface area contributed by atoms with E-state index in [4.69, 9.17) is 11.6 Å². The maximum absolute atomic E-state index is 6.07. The third-order valence-electron chi connectivity index (χ3n) is 3.35. The Morgan fingerprint density at radius 3 is 2.55 bits per heavy atom. The molecule has 1 N–H and O–H groups in total. The molecule has 2 rings (SSSR count). The van der Waals surface area contributed by atoms with Gasteiger partial charge >= 0.3 is 0 Å². The lowest BCUT2D eigenvalue weighted by molar-refractivity contribution is 0.300. The third kappa shape index (κ3) is 3.58. The predicted octanol–water partition coefficient (Wildman–Crippen LogP) is 3.43. The molecule has 0 unspecified atom stereocenters. The number of anilines is 1. The van der Waals surface area contributed by atoms with E-state index in [0.29, 0.717) is 5.15 Å². The minimum Gasteiger partial charge on any atom is -0.367 e. The Bertz CT molecular complexity index is 559. The molecule has 0 radical (unpaired) electrons. The van der Waals surface area contributed by atoms with Crippen molar-refractivity contribution in [2.75, 3.05) is 31.5 Å². The summed E-state index contributed by atoms with van der Waals surface area (Å²) in [4.78, 5) is 2.42. The maximum atomic E-state index is 6.07. The van der Waals surface area contributed by atoms with Gasteiger partial charge in [-0.25, -0.2) is 0 Å². The van der Waals surface area contributed by atoms with Gasteiger partial charge in [-0.3, -0.25) is 0 Å². The first kappa shape index (κ1) is 15.0. The van der Waals surface area contributed by atoms with E-state index in [1.807, 2.05) is 24.3 Å². The predicted molar refractivity (Wildman–Crippen MR) is 85.4 cm³/mol. The largest absolute Gasteiger partial charge is 0.367 e. The Hall–Kier alpha value is -1.39. The molecule has 0 atom stereocenters. The molecule has 0 saturated heterocycles. The van der Waals surface area contributed by atoms with Gasteiger partial charge in [0.2, 0.25) is 0 Å². The van der Waals surface area contributed by atoms with E-state index >= 15 is 0 Å². The number of benzene rings is 1. The van der Waals surface area contributed by atoms with Crippen LogP contribution in [0.25, 0.3) is 10.8 Å². The van der Waals surface area contributed by atoms with Crippen molar-refractivity contribution in [1.29, 1.82) is 0 Å². The molecule has 2 aromatic rings. The van der Waals surface area contributed by atoms with Gasteiger partial charge in [0.1, 0.15) is 0 Å². The fraction of sp³-hybridized carbons (Fsp3) is 0.467. The Morgan fingerprint density at radius 1 is 1.10 bits per heavy atom. The zero-order valence-corrected chi connectivity index (χ0v) is 12.8. The van der Waals surface area contributed by atoms with Crippen molar-refractivity contribution in [1.82, 2.24) is 15.1 Å². The van der Waals surface area contributed by atoms with Crippen LogP contribution in [0.3, 0.4) is 0 Å². The molecule has 0 aliphatic heterocycles. The zero-order chi connectivity index (χ0) is 14.4. The Morgan fingerprint density at radius 2 is 1.85 bits per heavy atom. The van der Waals surface area contributed by atoms with Gasteiger partial charge in [-0.2, -0.15) is 0 Å². The highest BCUT2D eigenvalue weighted by Crippen LogP contribution is 2.25. The van der Waals surface area contributed by atoms with Crippen LogP contribution in [0.15, 0.2) is 24.3 Å². The van der Waals surface area contributed by atoms with E-state index in [0.717, 1.165) is 42.8 Å². The summed E-state index contributed by atoms with van der Waals surface area (Å²) in [5, 5.41) is 13.9. The van der Waals surface area contributed by atoms with E-state index in [9.17, 15) is 0 Å². The SMILES string of the molecule is CCCN(CC)CCNc1nnc(Cl)c2ccccc12. The molecule has 4 nitrogen and oxygen atoms in total. The zero-order valence-electron chi connectivity index (χ0n) is 12.1. The second kappa shape index (κ2) is 7.41. The lowest BCUT2D eigenvalue weighted by Gasteiger charge is -2.19. The first-order chi connectivity index (χ1) is 9.76. The van der Waals surface area contributed by atoms with Gasteiger partial charge in [-0.1, -0.05) is 49.7 Å². The number of fused-ring (bicyclic) bond motifs is 1. The van der Waals surface area contributed by atoms with Crippen molar-refractivity contribution in [3.63, 3.8) is 0 Å². The number of aromatic nitrogens is 2. The molecule has 20 heavy (non-hydrogen) atoms. The molecule has 5 heteroatoms. The van der Waals surface area contributed by atoms with Crippen LogP contribution in [0, 0.1) is 0 Å². The fourth-order valence-corrected chi connectivity index (χ4v) is 2.48. The Balaban J connectivity index is 2.05. The van der Waals surface area contributed by atoms with Crippen LogP contribution >= 0.6 is 11.6 Å². The molecule has 1 heterocycles. The molecule has 108 valence electrons. The van der Waals surface area contributed by atoms with Gasteiger partial charge < -0.3 is 10.2 Å². The number of halogens is 1.